The van der Waals surface area contributed by atoms with E-state index in [1.165, 1.54) is 19.1 Å². The first-order valence-corrected chi connectivity index (χ1v) is 8.85. The Morgan fingerprint density at radius 2 is 2.00 bits per heavy atom. The van der Waals surface area contributed by atoms with Gasteiger partial charge in [0.15, 0.2) is 0 Å². The van der Waals surface area contributed by atoms with Gasteiger partial charge < -0.3 is 14.5 Å². The zero-order valence-corrected chi connectivity index (χ0v) is 14.6. The number of aryl methyl sites for hydroxylation is 1. The molecule has 2 bridgehead atoms. The number of nitrogens with one attached hydrogen (secondary N) is 1. The van der Waals surface area contributed by atoms with Gasteiger partial charge in [0, 0.05) is 17.6 Å². The predicted octanol–water partition coefficient (Wildman–Crippen LogP) is 2.99. The third kappa shape index (κ3) is 3.26. The number of amides is 1. The van der Waals surface area contributed by atoms with Crippen LogP contribution in [0.4, 0.5) is 0 Å². The fourth-order valence-electron chi connectivity index (χ4n) is 3.93. The standard InChI is InChI=1S/C19H23N3O3/c1-12-11-24-19(20-12)25-16-5-3-15(4-6-16)18(23)21-17-13(2)22-9-7-14(17)8-10-22/h3-6,11,13-14,17H,7-10H2,1-2H3,(H,21,23)/t13-,17-/m0/s1. The number of benzene rings is 1. The summed E-state index contributed by atoms with van der Waals surface area (Å²) in [7, 11) is 0. The molecule has 6 nitrogen and oxygen atoms in total. The minimum atomic E-state index is -0.0240. The molecule has 2 atom stereocenters. The van der Waals surface area contributed by atoms with Crippen molar-refractivity contribution in [3.8, 4) is 11.8 Å². The second-order valence-electron chi connectivity index (χ2n) is 6.99. The van der Waals surface area contributed by atoms with Gasteiger partial charge in [-0.2, -0.15) is 4.98 Å². The molecule has 3 fully saturated rings. The molecule has 3 aliphatic rings. The molecule has 5 rings (SSSR count). The molecule has 3 aliphatic heterocycles. The van der Waals surface area contributed by atoms with Gasteiger partial charge in [0.1, 0.15) is 12.0 Å². The Morgan fingerprint density at radius 1 is 1.28 bits per heavy atom. The van der Waals surface area contributed by atoms with Crippen LogP contribution in [0.15, 0.2) is 34.9 Å². The number of carbonyl (C=O) groups is 1. The van der Waals surface area contributed by atoms with Crippen LogP contribution in [0, 0.1) is 12.8 Å². The molecule has 6 heteroatoms. The summed E-state index contributed by atoms with van der Waals surface area (Å²) in [5.74, 6) is 1.17. The minimum absolute atomic E-state index is 0.0240. The predicted molar refractivity (Wildman–Crippen MR) is 92.8 cm³/mol. The van der Waals surface area contributed by atoms with E-state index in [-0.39, 0.29) is 18.0 Å². The van der Waals surface area contributed by atoms with Gasteiger partial charge in [-0.25, -0.2) is 0 Å². The van der Waals surface area contributed by atoms with Crippen molar-refractivity contribution in [3.63, 3.8) is 0 Å². The van der Waals surface area contributed by atoms with Crippen LogP contribution in [0.25, 0.3) is 0 Å². The maximum absolute atomic E-state index is 12.6. The molecule has 3 saturated heterocycles. The maximum Gasteiger partial charge on any atom is 0.399 e. The van der Waals surface area contributed by atoms with E-state index in [1.807, 2.05) is 6.92 Å². The van der Waals surface area contributed by atoms with Crippen LogP contribution in [-0.2, 0) is 0 Å². The summed E-state index contributed by atoms with van der Waals surface area (Å²) in [4.78, 5) is 19.2. The van der Waals surface area contributed by atoms with Gasteiger partial charge in [0.25, 0.3) is 5.91 Å². The Bertz CT molecular complexity index is 746. The second kappa shape index (κ2) is 6.52. The molecule has 25 heavy (non-hydrogen) atoms. The maximum atomic E-state index is 12.6. The van der Waals surface area contributed by atoms with Gasteiger partial charge in [0.05, 0.1) is 5.69 Å². The SMILES string of the molecule is Cc1coc(Oc2ccc(C(=O)N[C@@H]3C4CCN(CC4)[C@H]3C)cc2)n1. The second-order valence-corrected chi connectivity index (χ2v) is 6.99. The summed E-state index contributed by atoms with van der Waals surface area (Å²) < 4.78 is 10.7. The summed E-state index contributed by atoms with van der Waals surface area (Å²) >= 11 is 0. The van der Waals surface area contributed by atoms with Gasteiger partial charge in [-0.1, -0.05) is 0 Å². The van der Waals surface area contributed by atoms with Gasteiger partial charge in [-0.15, -0.1) is 0 Å². The molecule has 0 unspecified atom stereocenters. The summed E-state index contributed by atoms with van der Waals surface area (Å²) in [5.41, 5.74) is 1.40. The lowest BCUT2D eigenvalue weighted by Gasteiger charge is -2.49. The highest BCUT2D eigenvalue weighted by atomic mass is 16.6. The lowest BCUT2D eigenvalue weighted by Crippen LogP contribution is -2.62. The number of carbonyl (C=O) groups excluding carboxylic acids is 1. The Labute approximate surface area is 147 Å². The molecular weight excluding hydrogens is 318 g/mol. The number of hydrogen-bond donors (Lipinski definition) is 1. The van der Waals surface area contributed by atoms with Gasteiger partial charge in [-0.3, -0.25) is 9.69 Å². The molecule has 4 heterocycles. The molecular formula is C19H23N3O3. The molecule has 0 saturated carbocycles. The average molecular weight is 341 g/mol. The van der Waals surface area contributed by atoms with Crippen molar-refractivity contribution in [2.75, 3.05) is 13.1 Å². The Balaban J connectivity index is 1.40. The van der Waals surface area contributed by atoms with Gasteiger partial charge in [-0.05, 0) is 70.0 Å². The third-order valence-corrected chi connectivity index (χ3v) is 5.40. The largest absolute Gasteiger partial charge is 0.417 e. The minimum Gasteiger partial charge on any atom is -0.417 e. The molecule has 2 aromatic rings. The Morgan fingerprint density at radius 3 is 2.60 bits per heavy atom. The van der Waals surface area contributed by atoms with Crippen molar-refractivity contribution in [3.05, 3.63) is 41.8 Å². The van der Waals surface area contributed by atoms with Crippen LogP contribution in [0.2, 0.25) is 0 Å². The van der Waals surface area contributed by atoms with Gasteiger partial charge >= 0.3 is 6.08 Å². The van der Waals surface area contributed by atoms with Crippen LogP contribution in [0.5, 0.6) is 11.8 Å². The first-order chi connectivity index (χ1) is 12.1. The number of hydrogen-bond acceptors (Lipinski definition) is 5. The molecule has 0 radical (unpaired) electrons. The topological polar surface area (TPSA) is 67.6 Å². The van der Waals surface area contributed by atoms with Crippen molar-refractivity contribution < 1.29 is 13.9 Å². The highest BCUT2D eigenvalue weighted by molar-refractivity contribution is 5.94. The van der Waals surface area contributed by atoms with Crippen LogP contribution in [-0.4, -0.2) is 41.0 Å². The van der Waals surface area contributed by atoms with E-state index in [0.717, 1.165) is 18.8 Å². The van der Waals surface area contributed by atoms with E-state index < -0.39 is 0 Å². The fraction of sp³-hybridized carbons (Fsp3) is 0.474. The van der Waals surface area contributed by atoms with E-state index in [0.29, 0.717) is 23.3 Å². The van der Waals surface area contributed by atoms with Crippen molar-refractivity contribution in [1.29, 1.82) is 0 Å². The number of oxazole rings is 1. The van der Waals surface area contributed by atoms with Crippen molar-refractivity contribution in [1.82, 2.24) is 15.2 Å². The highest BCUT2D eigenvalue weighted by Crippen LogP contribution is 2.32. The molecule has 132 valence electrons. The third-order valence-electron chi connectivity index (χ3n) is 5.40. The molecule has 1 aromatic heterocycles. The van der Waals surface area contributed by atoms with Crippen LogP contribution in [0.3, 0.4) is 0 Å². The molecule has 1 aromatic carbocycles. The fourth-order valence-corrected chi connectivity index (χ4v) is 3.93. The number of ether oxygens (including phenoxy) is 1. The first kappa shape index (κ1) is 16.1. The molecule has 1 amide bonds. The monoisotopic (exact) mass is 341 g/mol. The van der Waals surface area contributed by atoms with Gasteiger partial charge in [0.2, 0.25) is 0 Å². The zero-order chi connectivity index (χ0) is 17.4. The molecule has 0 spiro atoms. The number of aromatic nitrogens is 1. The van der Waals surface area contributed by atoms with E-state index in [4.69, 9.17) is 9.15 Å². The van der Waals surface area contributed by atoms with E-state index in [1.54, 1.807) is 24.3 Å². The number of nitrogens with zero attached hydrogens (tertiary/aromatic N) is 2. The van der Waals surface area contributed by atoms with E-state index in [2.05, 4.69) is 22.1 Å². The smallest absolute Gasteiger partial charge is 0.399 e. The van der Waals surface area contributed by atoms with Crippen molar-refractivity contribution in [2.24, 2.45) is 5.92 Å². The lowest BCUT2D eigenvalue weighted by molar-refractivity contribution is 0.0217. The first-order valence-electron chi connectivity index (χ1n) is 8.85. The van der Waals surface area contributed by atoms with Crippen molar-refractivity contribution >= 4 is 5.91 Å². The summed E-state index contributed by atoms with van der Waals surface area (Å²) in [6.45, 7) is 6.36. The summed E-state index contributed by atoms with van der Waals surface area (Å²) in [5, 5.41) is 3.24. The van der Waals surface area contributed by atoms with E-state index >= 15 is 0 Å². The number of piperidine rings is 3. The Kier molecular flexibility index (Phi) is 4.21. The molecule has 1 N–H and O–H groups in total. The summed E-state index contributed by atoms with van der Waals surface area (Å²) in [6, 6.07) is 7.70. The van der Waals surface area contributed by atoms with E-state index in [9.17, 15) is 4.79 Å². The average Bonchev–Trinajstić information content (AvgIpc) is 3.04. The lowest BCUT2D eigenvalue weighted by atomic mass is 9.79. The van der Waals surface area contributed by atoms with Crippen molar-refractivity contribution in [2.45, 2.75) is 38.8 Å². The Hall–Kier alpha value is -2.34. The van der Waals surface area contributed by atoms with Crippen LogP contribution >= 0.6 is 0 Å². The highest BCUT2D eigenvalue weighted by Gasteiger charge is 2.40. The number of fused-ring (bicyclic) bond motifs is 3. The zero-order valence-electron chi connectivity index (χ0n) is 14.6. The quantitative estimate of drug-likeness (QED) is 0.926. The normalized spacial score (nSPS) is 27.9. The van der Waals surface area contributed by atoms with Crippen LogP contribution < -0.4 is 10.1 Å². The van der Waals surface area contributed by atoms with Crippen LogP contribution in [0.1, 0.15) is 35.8 Å². The molecule has 0 aliphatic carbocycles. The summed E-state index contributed by atoms with van der Waals surface area (Å²) in [6.07, 6.45) is 4.09. The number of rotatable bonds is 4.